The molecule has 3 aromatic rings. The van der Waals surface area contributed by atoms with Gasteiger partial charge in [0.1, 0.15) is 0 Å². The summed E-state index contributed by atoms with van der Waals surface area (Å²) < 4.78 is 0. The topological polar surface area (TPSA) is 6.48 Å². The summed E-state index contributed by atoms with van der Waals surface area (Å²) >= 11 is 0. The van der Waals surface area contributed by atoms with Crippen LogP contribution in [0.1, 0.15) is 5.56 Å². The van der Waals surface area contributed by atoms with Crippen LogP contribution in [0.2, 0.25) is 0 Å². The van der Waals surface area contributed by atoms with Crippen LogP contribution in [0.15, 0.2) is 72.8 Å². The normalized spacial score (nSPS) is 12.7. The molecule has 1 aliphatic heterocycles. The van der Waals surface area contributed by atoms with E-state index in [-0.39, 0.29) is 20.1 Å². The number of hydrogen-bond acceptors (Lipinski definition) is 2. The molecule has 117 valence electrons. The van der Waals surface area contributed by atoms with Gasteiger partial charge in [-0.15, -0.1) is 12.4 Å². The standard InChI is InChI=1S/C20H16N2.Ir/c1-16-12-13-19-20(14-16)22(18-10-6-3-7-11-18)15-21(19)17-8-4-2-5-9-17;/h2-10,12-15H,1H3;/q-2;. The Kier molecular flexibility index (Phi) is 4.51. The zero-order valence-corrected chi connectivity index (χ0v) is 15.1. The van der Waals surface area contributed by atoms with E-state index in [1.54, 1.807) is 0 Å². The Hall–Kier alpha value is -2.09. The second-order valence-electron chi connectivity index (χ2n) is 5.43. The molecule has 3 heteroatoms. The van der Waals surface area contributed by atoms with Crippen LogP contribution < -0.4 is 9.80 Å². The van der Waals surface area contributed by atoms with Crippen molar-refractivity contribution < 1.29 is 20.1 Å². The minimum Gasteiger partial charge on any atom is -0.493 e. The number of aryl methyl sites for hydroxylation is 1. The monoisotopic (exact) mass is 477 g/mol. The molecule has 0 aliphatic carbocycles. The van der Waals surface area contributed by atoms with Gasteiger partial charge in [0.15, 0.2) is 0 Å². The molecule has 1 aliphatic rings. The van der Waals surface area contributed by atoms with E-state index in [0.29, 0.717) is 0 Å². The van der Waals surface area contributed by atoms with E-state index in [1.807, 2.05) is 24.3 Å². The molecule has 3 aromatic carbocycles. The SMILES string of the molecule is Cc1ccc2c(c1)N(c1[c-]cccc1)[CH-]N2c1ccccc1.[Ir]. The van der Waals surface area contributed by atoms with Crippen molar-refractivity contribution in [2.75, 3.05) is 9.80 Å². The molecule has 4 rings (SSSR count). The summed E-state index contributed by atoms with van der Waals surface area (Å²) in [6, 6.07) is 28.3. The first-order valence-electron chi connectivity index (χ1n) is 7.39. The predicted molar refractivity (Wildman–Crippen MR) is 91.5 cm³/mol. The number of benzene rings is 3. The van der Waals surface area contributed by atoms with E-state index in [4.69, 9.17) is 0 Å². The average molecular weight is 477 g/mol. The van der Waals surface area contributed by atoms with Crippen LogP contribution >= 0.6 is 0 Å². The summed E-state index contributed by atoms with van der Waals surface area (Å²) in [5.41, 5.74) is 5.84. The molecule has 0 saturated carbocycles. The fourth-order valence-corrected chi connectivity index (χ4v) is 2.79. The van der Waals surface area contributed by atoms with Gasteiger partial charge < -0.3 is 9.80 Å². The maximum atomic E-state index is 3.31. The van der Waals surface area contributed by atoms with Crippen LogP contribution in [0, 0.1) is 19.7 Å². The van der Waals surface area contributed by atoms with Gasteiger partial charge in [0.05, 0.1) is 0 Å². The van der Waals surface area contributed by atoms with Gasteiger partial charge in [0.2, 0.25) is 0 Å². The van der Waals surface area contributed by atoms with Gasteiger partial charge in [-0.25, -0.2) is 0 Å². The van der Waals surface area contributed by atoms with Gasteiger partial charge >= 0.3 is 0 Å². The molecule has 0 N–H and O–H groups in total. The quantitative estimate of drug-likeness (QED) is 0.469. The summed E-state index contributed by atoms with van der Waals surface area (Å²) in [5, 5.41) is 0. The van der Waals surface area contributed by atoms with E-state index >= 15 is 0 Å². The molecule has 1 radical (unpaired) electrons. The minimum absolute atomic E-state index is 0. The Labute approximate surface area is 150 Å². The maximum Gasteiger partial charge on any atom is 0.0344 e. The minimum atomic E-state index is 0. The Morgan fingerprint density at radius 3 is 2.35 bits per heavy atom. The van der Waals surface area contributed by atoms with Crippen molar-refractivity contribution in [3.05, 3.63) is 91.1 Å². The van der Waals surface area contributed by atoms with Crippen molar-refractivity contribution in [1.29, 1.82) is 0 Å². The number of anilines is 4. The van der Waals surface area contributed by atoms with Crippen molar-refractivity contribution in [3.8, 4) is 0 Å². The Balaban J connectivity index is 0.00000156. The largest absolute Gasteiger partial charge is 0.493 e. The van der Waals surface area contributed by atoms with E-state index in [1.165, 1.54) is 16.9 Å². The third-order valence-corrected chi connectivity index (χ3v) is 3.87. The summed E-state index contributed by atoms with van der Waals surface area (Å²) in [5.74, 6) is 0. The van der Waals surface area contributed by atoms with Crippen molar-refractivity contribution in [3.63, 3.8) is 0 Å². The summed E-state index contributed by atoms with van der Waals surface area (Å²) in [6.07, 6.45) is 0. The first kappa shape index (κ1) is 15.8. The van der Waals surface area contributed by atoms with Gasteiger partial charge in [0, 0.05) is 37.2 Å². The van der Waals surface area contributed by atoms with Crippen LogP contribution in [-0.2, 0) is 20.1 Å². The molecule has 0 bridgehead atoms. The molecule has 0 spiro atoms. The molecule has 0 aromatic heterocycles. The van der Waals surface area contributed by atoms with E-state index in [2.05, 4.69) is 78.0 Å². The Morgan fingerprint density at radius 1 is 0.826 bits per heavy atom. The maximum absolute atomic E-state index is 3.31. The number of hydrogen-bond donors (Lipinski definition) is 0. The van der Waals surface area contributed by atoms with Crippen LogP contribution in [0.3, 0.4) is 0 Å². The van der Waals surface area contributed by atoms with Gasteiger partial charge in [-0.3, -0.25) is 0 Å². The smallest absolute Gasteiger partial charge is 0.0344 e. The summed E-state index contributed by atoms with van der Waals surface area (Å²) in [4.78, 5) is 4.41. The molecule has 0 atom stereocenters. The Bertz CT molecular complexity index is 787. The number of para-hydroxylation sites is 2. The summed E-state index contributed by atoms with van der Waals surface area (Å²) in [7, 11) is 0. The third-order valence-electron chi connectivity index (χ3n) is 3.87. The number of rotatable bonds is 2. The van der Waals surface area contributed by atoms with E-state index in [0.717, 1.165) is 11.4 Å². The van der Waals surface area contributed by atoms with Crippen LogP contribution in [0.25, 0.3) is 0 Å². The van der Waals surface area contributed by atoms with Crippen molar-refractivity contribution >= 4 is 22.7 Å². The molecular formula is C20H16IrN2-2. The zero-order valence-electron chi connectivity index (χ0n) is 12.7. The Morgan fingerprint density at radius 2 is 1.61 bits per heavy atom. The summed E-state index contributed by atoms with van der Waals surface area (Å²) in [6.45, 7) is 4.25. The third kappa shape index (κ3) is 2.90. The van der Waals surface area contributed by atoms with Crippen molar-refractivity contribution in [2.24, 2.45) is 0 Å². The fourth-order valence-electron chi connectivity index (χ4n) is 2.79. The van der Waals surface area contributed by atoms with Gasteiger partial charge in [-0.1, -0.05) is 24.3 Å². The fraction of sp³-hybridized carbons (Fsp3) is 0.0500. The van der Waals surface area contributed by atoms with E-state index in [9.17, 15) is 0 Å². The molecule has 0 amide bonds. The molecule has 0 saturated heterocycles. The average Bonchev–Trinajstić information content (AvgIpc) is 2.95. The number of fused-ring (bicyclic) bond motifs is 1. The number of nitrogens with zero attached hydrogens (tertiary/aromatic N) is 2. The predicted octanol–water partition coefficient (Wildman–Crippen LogP) is 5.20. The first-order chi connectivity index (χ1) is 10.8. The van der Waals surface area contributed by atoms with Crippen molar-refractivity contribution in [2.45, 2.75) is 6.92 Å². The molecule has 2 nitrogen and oxygen atoms in total. The van der Waals surface area contributed by atoms with Crippen LogP contribution in [0.4, 0.5) is 22.7 Å². The zero-order chi connectivity index (χ0) is 14.9. The van der Waals surface area contributed by atoms with Crippen molar-refractivity contribution in [1.82, 2.24) is 0 Å². The molecule has 23 heavy (non-hydrogen) atoms. The molecule has 1 heterocycles. The van der Waals surface area contributed by atoms with E-state index < -0.39 is 0 Å². The molecule has 0 fully saturated rings. The second kappa shape index (κ2) is 6.57. The van der Waals surface area contributed by atoms with Gasteiger partial charge in [-0.2, -0.15) is 30.3 Å². The van der Waals surface area contributed by atoms with Crippen LogP contribution in [-0.4, -0.2) is 0 Å². The van der Waals surface area contributed by atoms with Gasteiger partial charge in [0.25, 0.3) is 0 Å². The van der Waals surface area contributed by atoms with Gasteiger partial charge in [-0.05, 0) is 36.8 Å². The first-order valence-corrected chi connectivity index (χ1v) is 7.39. The second-order valence-corrected chi connectivity index (χ2v) is 5.43. The molecular weight excluding hydrogens is 460 g/mol. The van der Waals surface area contributed by atoms with Crippen LogP contribution in [0.5, 0.6) is 0 Å². The molecule has 0 unspecified atom stereocenters.